The standard InChI is InChI=1S/C39H46O15/c1-20-28(54-31(46)15-14-26-12-10-9-11-13-26)17-30(50-22(3)41)38(19-48-21(2)40)32(20)33(51-23(4)42)27-16-29(45)37(8)39(47,36(27,7)18-49-37)35(53-25(6)44)34(38)52-24(5)43/h9-15,27-28,30,32-35,47H,1,16-19H2,2-8H3/t27-,28-,30-,32-,33+,34-,35-,36-,37+,38+,39-/m0/s1. The van der Waals surface area contributed by atoms with Gasteiger partial charge in [0, 0.05) is 70.8 Å². The van der Waals surface area contributed by atoms with Gasteiger partial charge >= 0.3 is 35.8 Å². The zero-order chi connectivity index (χ0) is 40.0. The van der Waals surface area contributed by atoms with E-state index in [4.69, 9.17) is 33.2 Å². The minimum atomic E-state index is -2.51. The lowest BCUT2D eigenvalue weighted by Gasteiger charge is -2.65. The third-order valence-corrected chi connectivity index (χ3v) is 11.6. The molecule has 3 aliphatic carbocycles. The average Bonchev–Trinajstić information content (AvgIpc) is 3.22. The largest absolute Gasteiger partial charge is 0.465 e. The third-order valence-electron chi connectivity index (χ3n) is 11.6. The van der Waals surface area contributed by atoms with Gasteiger partial charge < -0.3 is 38.3 Å². The number of ether oxygens (including phenoxy) is 7. The number of ketones is 1. The molecule has 11 atom stereocenters. The molecule has 0 amide bonds. The highest BCUT2D eigenvalue weighted by molar-refractivity contribution is 5.91. The monoisotopic (exact) mass is 754 g/mol. The van der Waals surface area contributed by atoms with Crippen molar-refractivity contribution in [3.8, 4) is 0 Å². The van der Waals surface area contributed by atoms with Crippen molar-refractivity contribution in [2.75, 3.05) is 13.2 Å². The maximum Gasteiger partial charge on any atom is 0.331 e. The summed E-state index contributed by atoms with van der Waals surface area (Å²) in [5.74, 6) is -8.51. The van der Waals surface area contributed by atoms with E-state index in [1.165, 1.54) is 19.1 Å². The molecule has 0 aromatic heterocycles. The van der Waals surface area contributed by atoms with Crippen molar-refractivity contribution in [1.29, 1.82) is 0 Å². The molecule has 1 heterocycles. The topological polar surface area (TPSA) is 204 Å². The van der Waals surface area contributed by atoms with Crippen LogP contribution in [0.2, 0.25) is 0 Å². The first-order chi connectivity index (χ1) is 25.2. The zero-order valence-electron chi connectivity index (χ0n) is 31.3. The van der Waals surface area contributed by atoms with Gasteiger partial charge in [-0.3, -0.25) is 28.8 Å². The van der Waals surface area contributed by atoms with E-state index in [9.17, 15) is 38.7 Å². The Morgan fingerprint density at radius 2 is 1.44 bits per heavy atom. The number of benzene rings is 1. The fourth-order valence-electron chi connectivity index (χ4n) is 9.26. The predicted molar refractivity (Wildman–Crippen MR) is 184 cm³/mol. The summed E-state index contributed by atoms with van der Waals surface area (Å²) in [6, 6.07) is 8.90. The van der Waals surface area contributed by atoms with E-state index in [0.717, 1.165) is 34.6 Å². The van der Waals surface area contributed by atoms with Gasteiger partial charge in [0.15, 0.2) is 23.6 Å². The molecule has 1 aromatic rings. The highest BCUT2D eigenvalue weighted by Crippen LogP contribution is 2.67. The van der Waals surface area contributed by atoms with Crippen LogP contribution in [0.25, 0.3) is 6.08 Å². The lowest BCUT2D eigenvalue weighted by Crippen LogP contribution is -2.81. The van der Waals surface area contributed by atoms with Crippen LogP contribution in [0.1, 0.15) is 66.9 Å². The number of carbonyl (C=O) groups excluding carboxylic acids is 7. The molecule has 3 saturated carbocycles. The third kappa shape index (κ3) is 6.61. The second-order valence-corrected chi connectivity index (χ2v) is 14.8. The molecule has 4 aliphatic rings. The van der Waals surface area contributed by atoms with Gasteiger partial charge in [-0.2, -0.15) is 0 Å². The van der Waals surface area contributed by atoms with Gasteiger partial charge in [0.25, 0.3) is 0 Å². The number of esters is 6. The summed E-state index contributed by atoms with van der Waals surface area (Å²) in [6.07, 6.45) is -6.20. The van der Waals surface area contributed by atoms with Gasteiger partial charge in [-0.05, 0) is 24.1 Å². The van der Waals surface area contributed by atoms with E-state index in [1.54, 1.807) is 31.2 Å². The van der Waals surface area contributed by atoms with Crippen LogP contribution in [0, 0.1) is 22.7 Å². The van der Waals surface area contributed by atoms with Crippen molar-refractivity contribution < 1.29 is 71.8 Å². The number of aliphatic hydroxyl groups is 1. The van der Waals surface area contributed by atoms with Gasteiger partial charge in [0.1, 0.15) is 30.5 Å². The predicted octanol–water partition coefficient (Wildman–Crippen LogP) is 2.59. The van der Waals surface area contributed by atoms with Crippen LogP contribution in [0.3, 0.4) is 0 Å². The Kier molecular flexibility index (Phi) is 11.0. The normalized spacial score (nSPS) is 36.9. The molecule has 1 aromatic carbocycles. The number of Topliss-reactive ketones (excluding diaryl/α,β-unsaturated/α-hetero) is 1. The number of hydrogen-bond donors (Lipinski definition) is 1. The van der Waals surface area contributed by atoms with Crippen molar-refractivity contribution in [2.45, 2.75) is 103 Å². The van der Waals surface area contributed by atoms with Crippen LogP contribution >= 0.6 is 0 Å². The fourth-order valence-corrected chi connectivity index (χ4v) is 9.26. The van der Waals surface area contributed by atoms with E-state index >= 15 is 0 Å². The number of hydrogen-bond acceptors (Lipinski definition) is 15. The molecule has 1 aliphatic heterocycles. The molecule has 0 spiro atoms. The summed E-state index contributed by atoms with van der Waals surface area (Å²) in [6.45, 7) is 11.5. The second kappa shape index (κ2) is 14.7. The fraction of sp³-hybridized carbons (Fsp3) is 0.564. The molecule has 0 radical (unpaired) electrons. The Bertz CT molecular complexity index is 1770. The molecular formula is C39H46O15. The van der Waals surface area contributed by atoms with Crippen LogP contribution in [-0.2, 0) is 66.7 Å². The number of carbonyl (C=O) groups is 7. The summed E-state index contributed by atoms with van der Waals surface area (Å²) in [7, 11) is 0. The lowest BCUT2D eigenvalue weighted by atomic mass is 9.43. The first-order valence-corrected chi connectivity index (χ1v) is 17.6. The van der Waals surface area contributed by atoms with Crippen molar-refractivity contribution in [3.05, 3.63) is 54.1 Å². The van der Waals surface area contributed by atoms with Crippen molar-refractivity contribution >= 4 is 47.7 Å². The van der Waals surface area contributed by atoms with Crippen LogP contribution in [0.5, 0.6) is 0 Å². The van der Waals surface area contributed by atoms with Crippen molar-refractivity contribution in [3.63, 3.8) is 0 Å². The maximum absolute atomic E-state index is 14.2. The number of rotatable bonds is 9. The molecule has 0 unspecified atom stereocenters. The van der Waals surface area contributed by atoms with Crippen molar-refractivity contribution in [2.24, 2.45) is 22.7 Å². The summed E-state index contributed by atoms with van der Waals surface area (Å²) in [5, 5.41) is 13.2. The quantitative estimate of drug-likeness (QED) is 0.167. The Balaban J connectivity index is 1.84. The number of fused-ring (bicyclic) bond motifs is 1. The van der Waals surface area contributed by atoms with Crippen molar-refractivity contribution in [1.82, 2.24) is 0 Å². The van der Waals surface area contributed by atoms with Crippen LogP contribution < -0.4 is 0 Å². The van der Waals surface area contributed by atoms with E-state index < -0.39 is 113 Å². The molecular weight excluding hydrogens is 708 g/mol. The highest BCUT2D eigenvalue weighted by Gasteiger charge is 2.83. The summed E-state index contributed by atoms with van der Waals surface area (Å²) in [4.78, 5) is 92.6. The zero-order valence-corrected chi connectivity index (χ0v) is 31.3. The lowest BCUT2D eigenvalue weighted by molar-refractivity contribution is -0.303. The van der Waals surface area contributed by atoms with Gasteiger partial charge in [0.2, 0.25) is 0 Å². The van der Waals surface area contributed by atoms with E-state index in [-0.39, 0.29) is 25.0 Å². The molecule has 4 fully saturated rings. The molecule has 15 heteroatoms. The van der Waals surface area contributed by atoms with Gasteiger partial charge in [-0.1, -0.05) is 43.8 Å². The molecule has 1 N–H and O–H groups in total. The van der Waals surface area contributed by atoms with Crippen LogP contribution in [-0.4, -0.2) is 102 Å². The van der Waals surface area contributed by atoms with Crippen LogP contribution in [0.4, 0.5) is 0 Å². The smallest absolute Gasteiger partial charge is 0.331 e. The molecule has 1 saturated heterocycles. The summed E-state index contributed by atoms with van der Waals surface area (Å²) < 4.78 is 41.8. The Morgan fingerprint density at radius 1 is 0.852 bits per heavy atom. The molecule has 54 heavy (non-hydrogen) atoms. The Morgan fingerprint density at radius 3 is 2.02 bits per heavy atom. The molecule has 15 nitrogen and oxygen atoms in total. The summed E-state index contributed by atoms with van der Waals surface area (Å²) >= 11 is 0. The second-order valence-electron chi connectivity index (χ2n) is 14.8. The maximum atomic E-state index is 14.2. The molecule has 4 bridgehead atoms. The minimum Gasteiger partial charge on any atom is -0.465 e. The summed E-state index contributed by atoms with van der Waals surface area (Å²) in [5.41, 5.74) is -7.51. The molecule has 292 valence electrons. The van der Waals surface area contributed by atoms with E-state index in [2.05, 4.69) is 6.58 Å². The highest BCUT2D eigenvalue weighted by atomic mass is 16.6. The Labute approximate surface area is 312 Å². The first-order valence-electron chi connectivity index (χ1n) is 17.6. The Hall–Kier alpha value is -4.89. The molecule has 5 rings (SSSR count). The average molecular weight is 755 g/mol. The first kappa shape index (κ1) is 40.3. The van der Waals surface area contributed by atoms with Gasteiger partial charge in [-0.15, -0.1) is 0 Å². The van der Waals surface area contributed by atoms with Gasteiger partial charge in [-0.25, -0.2) is 4.79 Å². The minimum absolute atomic E-state index is 0.0470. The van der Waals surface area contributed by atoms with E-state index in [0.29, 0.717) is 5.56 Å². The van der Waals surface area contributed by atoms with E-state index in [1.807, 2.05) is 6.07 Å². The van der Waals surface area contributed by atoms with Crippen LogP contribution in [0.15, 0.2) is 48.6 Å². The van der Waals surface area contributed by atoms with Gasteiger partial charge in [0.05, 0.1) is 12.0 Å². The SMILES string of the molecule is C=C1[C@@H](OC(=O)C=Cc2ccccc2)C[C@H](OC(C)=O)[C@@]2(COC(C)=O)[C@@H](OC(C)=O)[C@H](OC(C)=O)[C@]3(O)[C@@]4(C)CO[C@]3(C)C(=O)C[C@H]4[C@@H](OC(C)=O)[C@H]12.